The quantitative estimate of drug-likeness (QED) is 0.596. The number of ether oxygens (including phenoxy) is 1. The molecule has 1 rings (SSSR count). The lowest BCUT2D eigenvalue weighted by atomic mass is 10.2. The molecule has 7 heteroatoms. The van der Waals surface area contributed by atoms with Gasteiger partial charge in [-0.2, -0.15) is 0 Å². The lowest BCUT2D eigenvalue weighted by Crippen LogP contribution is -2.31. The van der Waals surface area contributed by atoms with E-state index in [9.17, 15) is 13.2 Å². The molecule has 1 aromatic rings. The van der Waals surface area contributed by atoms with E-state index in [1.165, 1.54) is 5.56 Å². The van der Waals surface area contributed by atoms with Gasteiger partial charge in [0.25, 0.3) is 0 Å². The Morgan fingerprint density at radius 2 is 1.90 bits per heavy atom. The van der Waals surface area contributed by atoms with Crippen molar-refractivity contribution in [1.29, 1.82) is 0 Å². The summed E-state index contributed by atoms with van der Waals surface area (Å²) in [6, 6.07) is 9.89. The number of carbonyl (C=O) groups excluding carboxylic acids is 1. The van der Waals surface area contributed by atoms with Crippen LogP contribution in [0.3, 0.4) is 0 Å². The van der Waals surface area contributed by atoms with Crippen LogP contribution >= 0.6 is 0 Å². The maximum Gasteiger partial charge on any atom is 0.218 e. The summed E-state index contributed by atoms with van der Waals surface area (Å²) in [6.07, 6.45) is 0.611. The van der Waals surface area contributed by atoms with Gasteiger partial charge in [-0.15, -0.1) is 0 Å². The fourth-order valence-electron chi connectivity index (χ4n) is 1.51. The number of nitrogens with one attached hydrogen (secondary N) is 1. The number of hydrogen-bond donors (Lipinski definition) is 2. The molecule has 0 saturated heterocycles. The predicted molar refractivity (Wildman–Crippen MR) is 76.6 cm³/mol. The zero-order valence-electron chi connectivity index (χ0n) is 11.2. The predicted octanol–water partition coefficient (Wildman–Crippen LogP) is 0.0405. The smallest absolute Gasteiger partial charge is 0.218 e. The molecule has 112 valence electrons. The number of sulfonamides is 1. The number of nitrogens with two attached hydrogens (primary N) is 1. The summed E-state index contributed by atoms with van der Waals surface area (Å²) in [5, 5.41) is 0. The van der Waals surface area contributed by atoms with Gasteiger partial charge in [0.1, 0.15) is 0 Å². The molecule has 0 heterocycles. The van der Waals surface area contributed by atoms with E-state index in [0.717, 1.165) is 6.42 Å². The standard InChI is InChI=1S/C13H20N2O4S/c14-13(16)7-11-20(17,18)15-8-10-19-9-6-12-4-2-1-3-5-12/h1-5,15H,6-11H2,(H2,14,16). The van der Waals surface area contributed by atoms with Crippen molar-refractivity contribution in [3.05, 3.63) is 35.9 Å². The highest BCUT2D eigenvalue weighted by molar-refractivity contribution is 7.89. The number of benzene rings is 1. The van der Waals surface area contributed by atoms with Gasteiger partial charge in [-0.1, -0.05) is 30.3 Å². The lowest BCUT2D eigenvalue weighted by Gasteiger charge is -2.07. The van der Waals surface area contributed by atoms with Gasteiger partial charge in [-0.05, 0) is 12.0 Å². The average molecular weight is 300 g/mol. The Balaban J connectivity index is 2.08. The normalized spacial score (nSPS) is 11.4. The lowest BCUT2D eigenvalue weighted by molar-refractivity contribution is -0.117. The van der Waals surface area contributed by atoms with Gasteiger partial charge in [0.2, 0.25) is 15.9 Å². The van der Waals surface area contributed by atoms with E-state index in [2.05, 4.69) is 4.72 Å². The van der Waals surface area contributed by atoms with Crippen molar-refractivity contribution < 1.29 is 17.9 Å². The van der Waals surface area contributed by atoms with Crippen LogP contribution in [0.5, 0.6) is 0 Å². The van der Waals surface area contributed by atoms with Gasteiger partial charge in [0.05, 0.1) is 19.0 Å². The molecule has 20 heavy (non-hydrogen) atoms. The van der Waals surface area contributed by atoms with Crippen LogP contribution in [0.25, 0.3) is 0 Å². The van der Waals surface area contributed by atoms with Gasteiger partial charge < -0.3 is 10.5 Å². The van der Waals surface area contributed by atoms with Gasteiger partial charge >= 0.3 is 0 Å². The molecule has 1 amide bonds. The van der Waals surface area contributed by atoms with Gasteiger partial charge in [-0.3, -0.25) is 4.79 Å². The van der Waals surface area contributed by atoms with Crippen molar-refractivity contribution in [2.45, 2.75) is 12.8 Å². The van der Waals surface area contributed by atoms with Crippen LogP contribution in [0.2, 0.25) is 0 Å². The van der Waals surface area contributed by atoms with E-state index in [4.69, 9.17) is 10.5 Å². The molecule has 0 bridgehead atoms. The van der Waals surface area contributed by atoms with Crippen molar-refractivity contribution in [1.82, 2.24) is 4.72 Å². The van der Waals surface area contributed by atoms with Gasteiger partial charge in [0, 0.05) is 13.0 Å². The minimum absolute atomic E-state index is 0.176. The minimum atomic E-state index is -3.45. The highest BCUT2D eigenvalue weighted by Crippen LogP contribution is 1.99. The molecule has 0 spiro atoms. The van der Waals surface area contributed by atoms with Gasteiger partial charge in [-0.25, -0.2) is 13.1 Å². The van der Waals surface area contributed by atoms with Crippen LogP contribution in [-0.4, -0.2) is 39.8 Å². The van der Waals surface area contributed by atoms with E-state index < -0.39 is 15.9 Å². The molecule has 6 nitrogen and oxygen atoms in total. The molecular formula is C13H20N2O4S. The molecule has 0 atom stereocenters. The summed E-state index contributed by atoms with van der Waals surface area (Å²) in [5.74, 6) is -0.915. The second-order valence-electron chi connectivity index (χ2n) is 4.28. The molecule has 0 radical (unpaired) electrons. The van der Waals surface area contributed by atoms with E-state index >= 15 is 0 Å². The highest BCUT2D eigenvalue weighted by Gasteiger charge is 2.10. The van der Waals surface area contributed by atoms with Crippen molar-refractivity contribution in [2.24, 2.45) is 5.73 Å². The largest absolute Gasteiger partial charge is 0.380 e. The van der Waals surface area contributed by atoms with Crippen molar-refractivity contribution in [3.8, 4) is 0 Å². The molecule has 1 aromatic carbocycles. The monoisotopic (exact) mass is 300 g/mol. The summed E-state index contributed by atoms with van der Waals surface area (Å²) in [7, 11) is -3.45. The molecule has 0 fully saturated rings. The summed E-state index contributed by atoms with van der Waals surface area (Å²) in [6.45, 7) is 1.02. The Morgan fingerprint density at radius 3 is 2.55 bits per heavy atom. The zero-order chi connectivity index (χ0) is 14.8. The molecular weight excluding hydrogens is 280 g/mol. The first-order valence-corrected chi connectivity index (χ1v) is 8.02. The summed E-state index contributed by atoms with van der Waals surface area (Å²) in [4.78, 5) is 10.5. The number of primary amides is 1. The highest BCUT2D eigenvalue weighted by atomic mass is 32.2. The van der Waals surface area contributed by atoms with Crippen LogP contribution in [0.15, 0.2) is 30.3 Å². The van der Waals surface area contributed by atoms with Crippen LogP contribution in [0.1, 0.15) is 12.0 Å². The fraction of sp³-hybridized carbons (Fsp3) is 0.462. The minimum Gasteiger partial charge on any atom is -0.380 e. The maximum absolute atomic E-state index is 11.4. The first-order chi connectivity index (χ1) is 9.49. The molecule has 0 saturated carbocycles. The average Bonchev–Trinajstić information content (AvgIpc) is 2.42. The van der Waals surface area contributed by atoms with E-state index in [1.54, 1.807) is 0 Å². The van der Waals surface area contributed by atoms with Crippen molar-refractivity contribution in [3.63, 3.8) is 0 Å². The van der Waals surface area contributed by atoms with Crippen LogP contribution < -0.4 is 10.5 Å². The second-order valence-corrected chi connectivity index (χ2v) is 6.20. The van der Waals surface area contributed by atoms with Gasteiger partial charge in [0.15, 0.2) is 0 Å². The fourth-order valence-corrected chi connectivity index (χ4v) is 2.52. The first-order valence-electron chi connectivity index (χ1n) is 6.37. The third-order valence-electron chi connectivity index (χ3n) is 2.56. The topological polar surface area (TPSA) is 98.5 Å². The Morgan fingerprint density at radius 1 is 1.20 bits per heavy atom. The molecule has 0 aromatic heterocycles. The van der Waals surface area contributed by atoms with Crippen molar-refractivity contribution >= 4 is 15.9 Å². The van der Waals surface area contributed by atoms with E-state index in [-0.39, 0.29) is 18.7 Å². The third-order valence-corrected chi connectivity index (χ3v) is 3.95. The SMILES string of the molecule is NC(=O)CCS(=O)(=O)NCCOCCc1ccccc1. The first kappa shape index (κ1) is 16.6. The van der Waals surface area contributed by atoms with E-state index in [1.807, 2.05) is 30.3 Å². The Bertz CT molecular complexity index is 502. The third kappa shape index (κ3) is 7.88. The summed E-state index contributed by atoms with van der Waals surface area (Å²) >= 11 is 0. The summed E-state index contributed by atoms with van der Waals surface area (Å²) in [5.41, 5.74) is 6.07. The maximum atomic E-state index is 11.4. The number of carbonyl (C=O) groups is 1. The Labute approximate surface area is 119 Å². The number of rotatable bonds is 10. The zero-order valence-corrected chi connectivity index (χ0v) is 12.1. The second kappa shape index (κ2) is 8.68. The molecule has 0 aliphatic heterocycles. The molecule has 3 N–H and O–H groups in total. The molecule has 0 aliphatic rings. The Kier molecular flexibility index (Phi) is 7.21. The summed E-state index contributed by atoms with van der Waals surface area (Å²) < 4.78 is 30.5. The number of amides is 1. The molecule has 0 aliphatic carbocycles. The van der Waals surface area contributed by atoms with Crippen LogP contribution in [-0.2, 0) is 26.0 Å². The van der Waals surface area contributed by atoms with Crippen LogP contribution in [0.4, 0.5) is 0 Å². The number of hydrogen-bond acceptors (Lipinski definition) is 4. The Hall–Kier alpha value is -1.44. The molecule has 0 unspecified atom stereocenters. The van der Waals surface area contributed by atoms with E-state index in [0.29, 0.717) is 13.2 Å². The van der Waals surface area contributed by atoms with Crippen LogP contribution in [0, 0.1) is 0 Å². The van der Waals surface area contributed by atoms with Crippen molar-refractivity contribution in [2.75, 3.05) is 25.5 Å².